The molecule has 4 rings (SSSR count). The Labute approximate surface area is 191 Å². The molecule has 1 amide bonds. The predicted molar refractivity (Wildman–Crippen MR) is 116 cm³/mol. The monoisotopic (exact) mass is 479 g/mol. The Bertz CT molecular complexity index is 1140. The number of halogens is 3. The van der Waals surface area contributed by atoms with E-state index >= 15 is 0 Å². The molecule has 0 spiro atoms. The van der Waals surface area contributed by atoms with Crippen LogP contribution in [0.1, 0.15) is 28.8 Å². The smallest absolute Gasteiger partial charge is 0.377 e. The highest BCUT2D eigenvalue weighted by Crippen LogP contribution is 2.37. The summed E-state index contributed by atoms with van der Waals surface area (Å²) < 4.78 is 38.8. The lowest BCUT2D eigenvalue weighted by Crippen LogP contribution is -2.49. The number of anilines is 2. The molecular weight excluding hydrogens is 459 g/mol. The highest BCUT2D eigenvalue weighted by Gasteiger charge is 2.35. The van der Waals surface area contributed by atoms with Gasteiger partial charge in [-0.1, -0.05) is 0 Å². The maximum absolute atomic E-state index is 12.9. The number of amides is 1. The number of carbonyl (C=O) groups is 1. The van der Waals surface area contributed by atoms with Crippen LogP contribution in [0.4, 0.5) is 35.9 Å². The molecule has 2 fully saturated rings. The molecule has 2 aromatic rings. The van der Waals surface area contributed by atoms with Gasteiger partial charge in [-0.25, -0.2) is 0 Å². The molecule has 0 radical (unpaired) electrons. The van der Waals surface area contributed by atoms with Crippen molar-refractivity contribution in [3.8, 4) is 0 Å². The quantitative estimate of drug-likeness (QED) is 0.490. The van der Waals surface area contributed by atoms with Crippen LogP contribution in [0.2, 0.25) is 0 Å². The van der Waals surface area contributed by atoms with Crippen molar-refractivity contribution in [1.29, 1.82) is 0 Å². The lowest BCUT2D eigenvalue weighted by atomic mass is 10.1. The number of piperazine rings is 1. The molecule has 0 atom stereocenters. The molecule has 1 aliphatic heterocycles. The molecule has 1 saturated carbocycles. The molecular formula is C21H20F3N5O5. The summed E-state index contributed by atoms with van der Waals surface area (Å²) in [6, 6.07) is 6.79. The van der Waals surface area contributed by atoms with Crippen LogP contribution in [0.15, 0.2) is 36.4 Å². The first-order valence-electron chi connectivity index (χ1n) is 10.5. The van der Waals surface area contributed by atoms with E-state index in [1.165, 1.54) is 23.1 Å². The highest BCUT2D eigenvalue weighted by atomic mass is 19.4. The van der Waals surface area contributed by atoms with Gasteiger partial charge in [0, 0.05) is 49.9 Å². The number of nitrogens with zero attached hydrogens (tertiary/aromatic N) is 4. The molecule has 0 unspecified atom stereocenters. The predicted octanol–water partition coefficient (Wildman–Crippen LogP) is 4.06. The van der Waals surface area contributed by atoms with E-state index in [1.54, 1.807) is 4.90 Å². The molecule has 13 heteroatoms. The van der Waals surface area contributed by atoms with E-state index in [-0.39, 0.29) is 49.2 Å². The van der Waals surface area contributed by atoms with Crippen LogP contribution in [0.3, 0.4) is 0 Å². The van der Waals surface area contributed by atoms with E-state index in [4.69, 9.17) is 0 Å². The van der Waals surface area contributed by atoms with Gasteiger partial charge in [-0.2, -0.15) is 13.2 Å². The fraction of sp³-hybridized carbons (Fsp3) is 0.381. The Morgan fingerprint density at radius 1 is 0.941 bits per heavy atom. The summed E-state index contributed by atoms with van der Waals surface area (Å²) in [6.45, 7) is 0.600. The third-order valence-electron chi connectivity index (χ3n) is 5.79. The third kappa shape index (κ3) is 4.87. The van der Waals surface area contributed by atoms with Crippen molar-refractivity contribution in [2.75, 3.05) is 36.4 Å². The number of hydrogen-bond donors (Lipinski definition) is 1. The average Bonchev–Trinajstić information content (AvgIpc) is 3.62. The molecule has 180 valence electrons. The van der Waals surface area contributed by atoms with Crippen LogP contribution >= 0.6 is 0 Å². The maximum Gasteiger partial charge on any atom is 0.416 e. The van der Waals surface area contributed by atoms with Gasteiger partial charge < -0.3 is 15.1 Å². The highest BCUT2D eigenvalue weighted by molar-refractivity contribution is 5.96. The van der Waals surface area contributed by atoms with Crippen LogP contribution in [0.5, 0.6) is 0 Å². The van der Waals surface area contributed by atoms with E-state index in [2.05, 4.69) is 5.32 Å². The summed E-state index contributed by atoms with van der Waals surface area (Å²) in [5, 5.41) is 25.9. The largest absolute Gasteiger partial charge is 0.416 e. The van der Waals surface area contributed by atoms with Crippen molar-refractivity contribution >= 4 is 28.7 Å². The molecule has 0 bridgehead atoms. The Morgan fingerprint density at radius 3 is 2.15 bits per heavy atom. The number of nitrogens with one attached hydrogen (secondary N) is 1. The first-order valence-corrected chi connectivity index (χ1v) is 10.5. The van der Waals surface area contributed by atoms with Crippen LogP contribution in [0.25, 0.3) is 0 Å². The Hall–Kier alpha value is -3.90. The summed E-state index contributed by atoms with van der Waals surface area (Å²) in [5.41, 5.74) is -1.44. The first kappa shape index (κ1) is 23.3. The summed E-state index contributed by atoms with van der Waals surface area (Å²) in [7, 11) is 0. The second kappa shape index (κ2) is 8.80. The molecule has 0 aromatic heterocycles. The fourth-order valence-corrected chi connectivity index (χ4v) is 3.83. The zero-order valence-corrected chi connectivity index (χ0v) is 17.7. The number of alkyl halides is 3. The second-order valence-corrected chi connectivity index (χ2v) is 8.15. The van der Waals surface area contributed by atoms with Crippen molar-refractivity contribution in [3.63, 3.8) is 0 Å². The normalized spacial score (nSPS) is 16.3. The molecule has 2 aliphatic rings. The number of nitro benzene ring substituents is 2. The van der Waals surface area contributed by atoms with Crippen LogP contribution in [-0.2, 0) is 6.18 Å². The molecule has 10 nitrogen and oxygen atoms in total. The van der Waals surface area contributed by atoms with Gasteiger partial charge >= 0.3 is 6.18 Å². The Morgan fingerprint density at radius 2 is 1.59 bits per heavy atom. The van der Waals surface area contributed by atoms with Crippen molar-refractivity contribution in [2.45, 2.75) is 25.1 Å². The van der Waals surface area contributed by atoms with Gasteiger partial charge in [0.15, 0.2) is 0 Å². The number of rotatable bonds is 6. The minimum atomic E-state index is -4.71. The van der Waals surface area contributed by atoms with E-state index in [0.717, 1.165) is 25.0 Å². The van der Waals surface area contributed by atoms with Crippen molar-refractivity contribution in [3.05, 3.63) is 67.8 Å². The number of hydrogen-bond acceptors (Lipinski definition) is 7. The topological polar surface area (TPSA) is 122 Å². The second-order valence-electron chi connectivity index (χ2n) is 8.15. The van der Waals surface area contributed by atoms with Gasteiger partial charge in [0.1, 0.15) is 11.4 Å². The fourth-order valence-electron chi connectivity index (χ4n) is 3.83. The zero-order valence-electron chi connectivity index (χ0n) is 17.7. The number of carbonyl (C=O) groups excluding carboxylic acids is 1. The van der Waals surface area contributed by atoms with Gasteiger partial charge in [-0.05, 0) is 37.1 Å². The van der Waals surface area contributed by atoms with Crippen molar-refractivity contribution in [2.24, 2.45) is 0 Å². The standard InChI is InChI=1S/C21H20F3N5O5/c22-21(23,24)14-2-6-17(19(12-14)29(33)34)26-7-9-27(10-8-26)20(30)13-1-5-16(25-15-3-4-15)18(11-13)28(31)32/h1-2,5-6,11-12,15,25H,3-4,7-10H2. The van der Waals surface area contributed by atoms with Crippen LogP contribution in [0, 0.1) is 20.2 Å². The van der Waals surface area contributed by atoms with Crippen molar-refractivity contribution in [1.82, 2.24) is 4.90 Å². The van der Waals surface area contributed by atoms with Crippen LogP contribution in [-0.4, -0.2) is 52.9 Å². The van der Waals surface area contributed by atoms with E-state index in [0.29, 0.717) is 11.8 Å². The van der Waals surface area contributed by atoms with Gasteiger partial charge in [0.25, 0.3) is 17.3 Å². The molecule has 1 heterocycles. The summed E-state index contributed by atoms with van der Waals surface area (Å²) >= 11 is 0. The summed E-state index contributed by atoms with van der Waals surface area (Å²) in [4.78, 5) is 37.3. The van der Waals surface area contributed by atoms with E-state index < -0.39 is 33.2 Å². The first-order chi connectivity index (χ1) is 16.0. The number of nitro groups is 2. The minimum Gasteiger partial charge on any atom is -0.377 e. The molecule has 2 aromatic carbocycles. The Balaban J connectivity index is 1.48. The van der Waals surface area contributed by atoms with Gasteiger partial charge in [-0.3, -0.25) is 25.0 Å². The zero-order chi connectivity index (χ0) is 24.6. The summed E-state index contributed by atoms with van der Waals surface area (Å²) in [5.74, 6) is -0.428. The molecule has 1 N–H and O–H groups in total. The maximum atomic E-state index is 12.9. The molecule has 34 heavy (non-hydrogen) atoms. The average molecular weight is 479 g/mol. The van der Waals surface area contributed by atoms with Crippen LogP contribution < -0.4 is 10.2 Å². The van der Waals surface area contributed by atoms with Crippen molar-refractivity contribution < 1.29 is 27.8 Å². The molecule has 1 aliphatic carbocycles. The Kier molecular flexibility index (Phi) is 6.02. The van der Waals surface area contributed by atoms with E-state index in [1.807, 2.05) is 0 Å². The summed E-state index contributed by atoms with van der Waals surface area (Å²) in [6.07, 6.45) is -2.85. The minimum absolute atomic E-state index is 0.0382. The lowest BCUT2D eigenvalue weighted by molar-refractivity contribution is -0.384. The van der Waals surface area contributed by atoms with Gasteiger partial charge in [-0.15, -0.1) is 0 Å². The molecule has 1 saturated heterocycles. The van der Waals surface area contributed by atoms with Gasteiger partial charge in [0.2, 0.25) is 0 Å². The SMILES string of the molecule is O=C(c1ccc(NC2CC2)c([N+](=O)[O-])c1)N1CCN(c2ccc(C(F)(F)F)cc2[N+](=O)[O-])CC1. The third-order valence-corrected chi connectivity index (χ3v) is 5.79. The van der Waals surface area contributed by atoms with E-state index in [9.17, 15) is 38.2 Å². The number of benzene rings is 2. The lowest BCUT2D eigenvalue weighted by Gasteiger charge is -2.36. The van der Waals surface area contributed by atoms with Gasteiger partial charge in [0.05, 0.1) is 15.4 Å².